The van der Waals surface area contributed by atoms with Gasteiger partial charge in [-0.15, -0.1) is 4.83 Å². The number of nitrogens with one attached hydrogen (secondary N) is 2. The van der Waals surface area contributed by atoms with Gasteiger partial charge in [-0.1, -0.05) is 41.4 Å². The van der Waals surface area contributed by atoms with Crippen LogP contribution in [0.25, 0.3) is 5.69 Å². The number of nitrogens with zero attached hydrogens (tertiary/aromatic N) is 2. The molecular formula is C16H12Cl2N4O3S. The summed E-state index contributed by atoms with van der Waals surface area (Å²) >= 11 is 11.6. The van der Waals surface area contributed by atoms with Crippen LogP contribution in [0.2, 0.25) is 10.0 Å². The number of sulfonamides is 1. The molecule has 0 saturated carbocycles. The molecule has 134 valence electrons. The van der Waals surface area contributed by atoms with E-state index in [4.69, 9.17) is 23.2 Å². The van der Waals surface area contributed by atoms with Gasteiger partial charge in [-0.25, -0.2) is 13.4 Å². The highest BCUT2D eigenvalue weighted by Crippen LogP contribution is 2.22. The fraction of sp³-hybridized carbons (Fsp3) is 0. The summed E-state index contributed by atoms with van der Waals surface area (Å²) in [6, 6.07) is 12.9. The zero-order valence-electron chi connectivity index (χ0n) is 13.1. The summed E-state index contributed by atoms with van der Waals surface area (Å²) in [6.07, 6.45) is 2.78. The molecule has 0 aliphatic heterocycles. The van der Waals surface area contributed by atoms with Gasteiger partial charge in [-0.2, -0.15) is 0 Å². The van der Waals surface area contributed by atoms with Gasteiger partial charge in [0.15, 0.2) is 0 Å². The van der Waals surface area contributed by atoms with Crippen molar-refractivity contribution in [1.29, 1.82) is 0 Å². The fourth-order valence-corrected chi connectivity index (χ4v) is 3.74. The molecule has 3 aromatic rings. The van der Waals surface area contributed by atoms with E-state index in [1.165, 1.54) is 35.3 Å². The minimum Gasteiger partial charge on any atom is -0.295 e. The number of amides is 1. The number of hydrazine groups is 1. The predicted molar refractivity (Wildman–Crippen MR) is 97.8 cm³/mol. The first-order chi connectivity index (χ1) is 12.4. The summed E-state index contributed by atoms with van der Waals surface area (Å²) < 4.78 is 26.1. The van der Waals surface area contributed by atoms with Crippen LogP contribution in [-0.4, -0.2) is 23.9 Å². The van der Waals surface area contributed by atoms with Crippen molar-refractivity contribution >= 4 is 39.1 Å². The number of para-hydroxylation sites is 1. The van der Waals surface area contributed by atoms with Crippen molar-refractivity contribution in [2.24, 2.45) is 0 Å². The third kappa shape index (κ3) is 4.05. The Hall–Kier alpha value is -2.39. The Bertz CT molecular complexity index is 1030. The van der Waals surface area contributed by atoms with Crippen LogP contribution in [0.5, 0.6) is 0 Å². The Morgan fingerprint density at radius 2 is 1.69 bits per heavy atom. The average molecular weight is 411 g/mol. The molecule has 2 N–H and O–H groups in total. The Morgan fingerprint density at radius 3 is 2.35 bits per heavy atom. The van der Waals surface area contributed by atoms with E-state index in [-0.39, 0.29) is 20.6 Å². The topological polar surface area (TPSA) is 93.1 Å². The van der Waals surface area contributed by atoms with Crippen molar-refractivity contribution < 1.29 is 13.2 Å². The van der Waals surface area contributed by atoms with E-state index in [0.29, 0.717) is 5.69 Å². The molecule has 0 aliphatic carbocycles. The molecule has 0 saturated heterocycles. The highest BCUT2D eigenvalue weighted by Gasteiger charge is 2.19. The van der Waals surface area contributed by atoms with E-state index in [1.807, 2.05) is 23.0 Å². The molecule has 3 rings (SSSR count). The van der Waals surface area contributed by atoms with Crippen molar-refractivity contribution in [3.05, 3.63) is 76.8 Å². The van der Waals surface area contributed by atoms with Gasteiger partial charge in [-0.05, 0) is 30.3 Å². The normalized spacial score (nSPS) is 11.3. The lowest BCUT2D eigenvalue weighted by Crippen LogP contribution is -2.42. The van der Waals surface area contributed by atoms with Crippen molar-refractivity contribution in [3.8, 4) is 5.69 Å². The van der Waals surface area contributed by atoms with Crippen LogP contribution < -0.4 is 10.3 Å². The number of hydrogen-bond acceptors (Lipinski definition) is 4. The summed E-state index contributed by atoms with van der Waals surface area (Å²) in [5, 5.41) is 0.317. The summed E-state index contributed by atoms with van der Waals surface area (Å²) in [5.41, 5.74) is 3.01. The van der Waals surface area contributed by atoms with Gasteiger partial charge in [0.2, 0.25) is 0 Å². The van der Waals surface area contributed by atoms with Crippen molar-refractivity contribution in [1.82, 2.24) is 19.8 Å². The fourth-order valence-electron chi connectivity index (χ4n) is 2.18. The molecule has 1 aromatic heterocycles. The van der Waals surface area contributed by atoms with Gasteiger partial charge < -0.3 is 0 Å². The molecule has 0 bridgehead atoms. The Labute approximate surface area is 159 Å². The zero-order valence-corrected chi connectivity index (χ0v) is 15.4. The maximum absolute atomic E-state index is 12.4. The summed E-state index contributed by atoms with van der Waals surface area (Å²) in [5.74, 6) is -0.678. The van der Waals surface area contributed by atoms with E-state index in [0.717, 1.165) is 0 Å². The number of benzene rings is 2. The molecule has 0 atom stereocenters. The predicted octanol–water partition coefficient (Wildman–Crippen LogP) is 2.80. The maximum atomic E-state index is 12.4. The van der Waals surface area contributed by atoms with Crippen LogP contribution in [0, 0.1) is 0 Å². The van der Waals surface area contributed by atoms with E-state index in [2.05, 4.69) is 10.4 Å². The molecule has 0 fully saturated rings. The first kappa shape index (κ1) is 18.4. The van der Waals surface area contributed by atoms with Crippen LogP contribution in [-0.2, 0) is 10.0 Å². The number of carbonyl (C=O) groups excluding carboxylic acids is 1. The molecule has 1 heterocycles. The largest absolute Gasteiger partial charge is 0.295 e. The lowest BCUT2D eigenvalue weighted by Gasteiger charge is -2.11. The first-order valence-electron chi connectivity index (χ1n) is 7.23. The first-order valence-corrected chi connectivity index (χ1v) is 9.47. The SMILES string of the molecule is O=C(NNS(=O)(=O)c1cc(Cl)cc(Cl)c1)c1cncn1-c1ccccc1. The van der Waals surface area contributed by atoms with Crippen LogP contribution in [0.1, 0.15) is 10.5 Å². The van der Waals surface area contributed by atoms with Crippen molar-refractivity contribution in [3.63, 3.8) is 0 Å². The molecule has 0 aliphatic rings. The number of hydrogen-bond donors (Lipinski definition) is 2. The number of carbonyl (C=O) groups is 1. The molecule has 10 heteroatoms. The van der Waals surface area contributed by atoms with Gasteiger partial charge in [0.05, 0.1) is 17.4 Å². The van der Waals surface area contributed by atoms with Crippen LogP contribution in [0.3, 0.4) is 0 Å². The Morgan fingerprint density at radius 1 is 1.04 bits per heavy atom. The number of halogens is 2. The number of rotatable bonds is 5. The maximum Gasteiger partial charge on any atom is 0.284 e. The average Bonchev–Trinajstić information content (AvgIpc) is 3.09. The standard InChI is InChI=1S/C16H12Cl2N4O3S/c17-11-6-12(18)8-14(7-11)26(24,25)21-20-16(23)15-9-19-10-22(15)13-4-2-1-3-5-13/h1-10,21H,(H,20,23). The van der Waals surface area contributed by atoms with E-state index in [1.54, 1.807) is 12.1 Å². The van der Waals surface area contributed by atoms with E-state index >= 15 is 0 Å². The highest BCUT2D eigenvalue weighted by molar-refractivity contribution is 7.89. The number of imidazole rings is 1. The summed E-state index contributed by atoms with van der Waals surface area (Å²) in [6.45, 7) is 0. The lowest BCUT2D eigenvalue weighted by molar-refractivity contribution is 0.0938. The van der Waals surface area contributed by atoms with Gasteiger partial charge in [0.1, 0.15) is 5.69 Å². The van der Waals surface area contributed by atoms with E-state index in [9.17, 15) is 13.2 Å². The molecule has 1 amide bonds. The zero-order chi connectivity index (χ0) is 18.7. The molecule has 0 spiro atoms. The van der Waals surface area contributed by atoms with Crippen LogP contribution >= 0.6 is 23.2 Å². The second-order valence-corrected chi connectivity index (χ2v) is 7.70. The molecular weight excluding hydrogens is 399 g/mol. The van der Waals surface area contributed by atoms with Gasteiger partial charge >= 0.3 is 0 Å². The molecule has 0 radical (unpaired) electrons. The second kappa shape index (κ2) is 7.46. The van der Waals surface area contributed by atoms with Crippen molar-refractivity contribution in [2.45, 2.75) is 4.90 Å². The summed E-state index contributed by atoms with van der Waals surface area (Å²) in [4.78, 5) is 18.1. The molecule has 7 nitrogen and oxygen atoms in total. The van der Waals surface area contributed by atoms with Gasteiger partial charge in [0.25, 0.3) is 15.9 Å². The molecule has 2 aromatic carbocycles. The minimum absolute atomic E-state index is 0.156. The minimum atomic E-state index is -4.05. The van der Waals surface area contributed by atoms with Crippen molar-refractivity contribution in [2.75, 3.05) is 0 Å². The smallest absolute Gasteiger partial charge is 0.284 e. The van der Waals surface area contributed by atoms with E-state index < -0.39 is 15.9 Å². The highest BCUT2D eigenvalue weighted by atomic mass is 35.5. The van der Waals surface area contributed by atoms with Gasteiger partial charge in [0, 0.05) is 15.7 Å². The third-order valence-electron chi connectivity index (χ3n) is 3.35. The monoisotopic (exact) mass is 410 g/mol. The second-order valence-electron chi connectivity index (χ2n) is 5.15. The van der Waals surface area contributed by atoms with Gasteiger partial charge in [-0.3, -0.25) is 14.8 Å². The Balaban J connectivity index is 1.79. The van der Waals surface area contributed by atoms with Crippen LogP contribution in [0.4, 0.5) is 0 Å². The Kier molecular flexibility index (Phi) is 5.28. The molecule has 0 unspecified atom stereocenters. The third-order valence-corrected chi connectivity index (χ3v) is 5.01. The summed E-state index contributed by atoms with van der Waals surface area (Å²) in [7, 11) is -4.05. The van der Waals surface area contributed by atoms with Crippen LogP contribution in [0.15, 0.2) is 66.0 Å². The quantitative estimate of drug-likeness (QED) is 0.632. The lowest BCUT2D eigenvalue weighted by atomic mass is 10.3. The molecule has 26 heavy (non-hydrogen) atoms. The number of aromatic nitrogens is 2.